The molecule has 160 valence electrons. The quantitative estimate of drug-likeness (QED) is 0.427. The van der Waals surface area contributed by atoms with E-state index in [-0.39, 0.29) is 24.3 Å². The summed E-state index contributed by atoms with van der Waals surface area (Å²) in [6.07, 6.45) is 2.80. The van der Waals surface area contributed by atoms with Gasteiger partial charge in [-0.25, -0.2) is 0 Å². The molecular formula is C23H30N4O3. The van der Waals surface area contributed by atoms with Crippen LogP contribution in [0.2, 0.25) is 0 Å². The van der Waals surface area contributed by atoms with Crippen LogP contribution >= 0.6 is 0 Å². The number of carbonyl (C=O) groups excluding carboxylic acids is 3. The highest BCUT2D eigenvalue weighted by Crippen LogP contribution is 2.12. The Bertz CT molecular complexity index is 867. The van der Waals surface area contributed by atoms with Crippen molar-refractivity contribution in [3.63, 3.8) is 0 Å². The Morgan fingerprint density at radius 1 is 0.767 bits per heavy atom. The van der Waals surface area contributed by atoms with Crippen LogP contribution in [0.25, 0.3) is 0 Å². The summed E-state index contributed by atoms with van der Waals surface area (Å²) >= 11 is 0. The van der Waals surface area contributed by atoms with E-state index in [1.165, 1.54) is 0 Å². The molecule has 0 spiro atoms. The molecule has 2 aromatic carbocycles. The number of unbranched alkanes of at least 4 members (excludes halogenated alkanes) is 1. The Morgan fingerprint density at radius 3 is 2.00 bits per heavy atom. The first-order valence-electron chi connectivity index (χ1n) is 10.3. The number of hydrogen-bond acceptors (Lipinski definition) is 4. The highest BCUT2D eigenvalue weighted by Gasteiger charge is 2.09. The first-order valence-corrected chi connectivity index (χ1v) is 10.3. The lowest BCUT2D eigenvalue weighted by molar-refractivity contribution is -0.114. The highest BCUT2D eigenvalue weighted by molar-refractivity contribution is 5.98. The molecule has 4 N–H and O–H groups in total. The predicted octanol–water partition coefficient (Wildman–Crippen LogP) is 3.41. The molecule has 30 heavy (non-hydrogen) atoms. The number of amides is 3. The SMILES string of the molecule is CCCCNC(=O)c1cccc(NC(=O)CNc2cccc(C(=O)NCCC)c2)c1. The molecule has 0 aliphatic heterocycles. The van der Waals surface area contributed by atoms with Crippen molar-refractivity contribution in [1.82, 2.24) is 10.6 Å². The van der Waals surface area contributed by atoms with Gasteiger partial charge in [0.25, 0.3) is 11.8 Å². The Morgan fingerprint density at radius 2 is 1.37 bits per heavy atom. The fourth-order valence-corrected chi connectivity index (χ4v) is 2.72. The van der Waals surface area contributed by atoms with Crippen LogP contribution in [-0.2, 0) is 4.79 Å². The van der Waals surface area contributed by atoms with E-state index in [0.29, 0.717) is 35.6 Å². The summed E-state index contributed by atoms with van der Waals surface area (Å²) in [5, 5.41) is 11.5. The Labute approximate surface area is 177 Å². The van der Waals surface area contributed by atoms with Gasteiger partial charge >= 0.3 is 0 Å². The minimum atomic E-state index is -0.251. The molecule has 0 aromatic heterocycles. The number of nitrogens with one attached hydrogen (secondary N) is 4. The third-order valence-electron chi connectivity index (χ3n) is 4.34. The topological polar surface area (TPSA) is 99.3 Å². The van der Waals surface area contributed by atoms with Gasteiger partial charge in [0, 0.05) is 35.6 Å². The molecule has 0 radical (unpaired) electrons. The first kappa shape index (κ1) is 22.9. The average molecular weight is 411 g/mol. The van der Waals surface area contributed by atoms with Crippen molar-refractivity contribution in [2.45, 2.75) is 33.1 Å². The Balaban J connectivity index is 1.88. The lowest BCUT2D eigenvalue weighted by Gasteiger charge is -2.10. The number of anilines is 2. The van der Waals surface area contributed by atoms with Crippen LogP contribution < -0.4 is 21.3 Å². The van der Waals surface area contributed by atoms with Gasteiger partial charge in [0.05, 0.1) is 6.54 Å². The van der Waals surface area contributed by atoms with E-state index >= 15 is 0 Å². The molecule has 2 aromatic rings. The first-order chi connectivity index (χ1) is 14.5. The molecule has 0 saturated heterocycles. The van der Waals surface area contributed by atoms with Gasteiger partial charge in [-0.3, -0.25) is 14.4 Å². The van der Waals surface area contributed by atoms with Crippen LogP contribution in [-0.4, -0.2) is 37.4 Å². The van der Waals surface area contributed by atoms with E-state index in [1.54, 1.807) is 48.5 Å². The molecule has 7 nitrogen and oxygen atoms in total. The fraction of sp³-hybridized carbons (Fsp3) is 0.348. The zero-order valence-corrected chi connectivity index (χ0v) is 17.6. The van der Waals surface area contributed by atoms with E-state index in [9.17, 15) is 14.4 Å². The Hall–Kier alpha value is -3.35. The van der Waals surface area contributed by atoms with Gasteiger partial charge in [-0.15, -0.1) is 0 Å². The van der Waals surface area contributed by atoms with E-state index in [4.69, 9.17) is 0 Å². The van der Waals surface area contributed by atoms with Crippen molar-refractivity contribution in [3.8, 4) is 0 Å². The van der Waals surface area contributed by atoms with Gasteiger partial charge in [-0.05, 0) is 49.2 Å². The summed E-state index contributed by atoms with van der Waals surface area (Å²) in [5.41, 5.74) is 2.27. The van der Waals surface area contributed by atoms with Crippen molar-refractivity contribution in [2.24, 2.45) is 0 Å². The summed E-state index contributed by atoms with van der Waals surface area (Å²) in [6.45, 7) is 5.34. The van der Waals surface area contributed by atoms with Crippen molar-refractivity contribution in [3.05, 3.63) is 59.7 Å². The lowest BCUT2D eigenvalue weighted by Crippen LogP contribution is -2.25. The second kappa shape index (κ2) is 12.3. The molecule has 0 bridgehead atoms. The van der Waals surface area contributed by atoms with Gasteiger partial charge in [0.15, 0.2) is 0 Å². The maximum absolute atomic E-state index is 12.3. The predicted molar refractivity (Wildman–Crippen MR) is 120 cm³/mol. The molecule has 0 saturated carbocycles. The van der Waals surface area contributed by atoms with E-state index < -0.39 is 0 Å². The van der Waals surface area contributed by atoms with Gasteiger partial charge in [0.1, 0.15) is 0 Å². The van der Waals surface area contributed by atoms with E-state index in [1.807, 2.05) is 6.92 Å². The van der Waals surface area contributed by atoms with Gasteiger partial charge in [0.2, 0.25) is 5.91 Å². The number of hydrogen-bond donors (Lipinski definition) is 4. The zero-order valence-electron chi connectivity index (χ0n) is 17.6. The average Bonchev–Trinajstić information content (AvgIpc) is 2.76. The van der Waals surface area contributed by atoms with Gasteiger partial charge in [-0.2, -0.15) is 0 Å². The van der Waals surface area contributed by atoms with Crippen molar-refractivity contribution >= 4 is 29.1 Å². The standard InChI is InChI=1S/C23H30N4O3/c1-3-5-13-25-23(30)18-9-7-11-20(15-18)27-21(28)16-26-19-10-6-8-17(14-19)22(29)24-12-4-2/h6-11,14-15,26H,3-5,12-13,16H2,1-2H3,(H,24,29)(H,25,30)(H,27,28). The summed E-state index contributed by atoms with van der Waals surface area (Å²) in [4.78, 5) is 36.5. The van der Waals surface area contributed by atoms with Crippen LogP contribution in [0.4, 0.5) is 11.4 Å². The second-order valence-electron chi connectivity index (χ2n) is 6.93. The van der Waals surface area contributed by atoms with Crippen molar-refractivity contribution in [1.29, 1.82) is 0 Å². The van der Waals surface area contributed by atoms with Crippen LogP contribution in [0.15, 0.2) is 48.5 Å². The third kappa shape index (κ3) is 7.58. The van der Waals surface area contributed by atoms with E-state index in [2.05, 4.69) is 28.2 Å². The summed E-state index contributed by atoms with van der Waals surface area (Å²) < 4.78 is 0. The number of carbonyl (C=O) groups is 3. The second-order valence-corrected chi connectivity index (χ2v) is 6.93. The smallest absolute Gasteiger partial charge is 0.251 e. The maximum Gasteiger partial charge on any atom is 0.251 e. The monoisotopic (exact) mass is 410 g/mol. The maximum atomic E-state index is 12.3. The molecule has 0 fully saturated rings. The molecule has 0 aliphatic carbocycles. The largest absolute Gasteiger partial charge is 0.376 e. The van der Waals surface area contributed by atoms with Gasteiger partial charge < -0.3 is 21.3 Å². The number of rotatable bonds is 11. The molecule has 0 unspecified atom stereocenters. The normalized spacial score (nSPS) is 10.2. The molecule has 0 heterocycles. The molecule has 7 heteroatoms. The third-order valence-corrected chi connectivity index (χ3v) is 4.34. The number of benzene rings is 2. The summed E-state index contributed by atoms with van der Waals surface area (Å²) in [7, 11) is 0. The van der Waals surface area contributed by atoms with Gasteiger partial charge in [-0.1, -0.05) is 32.4 Å². The molecule has 0 aliphatic rings. The summed E-state index contributed by atoms with van der Waals surface area (Å²) in [5.74, 6) is -0.547. The van der Waals surface area contributed by atoms with E-state index in [0.717, 1.165) is 19.3 Å². The minimum Gasteiger partial charge on any atom is -0.376 e. The highest BCUT2D eigenvalue weighted by atomic mass is 16.2. The minimum absolute atomic E-state index is 0.0347. The zero-order chi connectivity index (χ0) is 21.8. The van der Waals surface area contributed by atoms with Crippen LogP contribution in [0.3, 0.4) is 0 Å². The molecule has 0 atom stereocenters. The van der Waals surface area contributed by atoms with Crippen molar-refractivity contribution < 1.29 is 14.4 Å². The molecule has 2 rings (SSSR count). The lowest BCUT2D eigenvalue weighted by atomic mass is 10.1. The Kier molecular flexibility index (Phi) is 9.37. The molecular weight excluding hydrogens is 380 g/mol. The fourth-order valence-electron chi connectivity index (χ4n) is 2.72. The van der Waals surface area contributed by atoms with Crippen LogP contribution in [0, 0.1) is 0 Å². The molecule has 3 amide bonds. The van der Waals surface area contributed by atoms with Crippen LogP contribution in [0.5, 0.6) is 0 Å². The summed E-state index contributed by atoms with van der Waals surface area (Å²) in [6, 6.07) is 13.8. The van der Waals surface area contributed by atoms with Crippen molar-refractivity contribution in [2.75, 3.05) is 30.3 Å². The van der Waals surface area contributed by atoms with Crippen LogP contribution in [0.1, 0.15) is 53.8 Å².